The molecule has 76 valence electrons. The molecule has 0 radical (unpaired) electrons. The van der Waals surface area contributed by atoms with Gasteiger partial charge in [-0.1, -0.05) is 0 Å². The maximum absolute atomic E-state index is 11.3. The molecule has 0 saturated carbocycles. The number of urea groups is 1. The molecule has 0 atom stereocenters. The van der Waals surface area contributed by atoms with Gasteiger partial charge in [0.25, 0.3) is 10.0 Å². The molecular weight excluding hydrogens is 319 g/mol. The van der Waals surface area contributed by atoms with Crippen LogP contribution in [-0.4, -0.2) is 14.4 Å². The molecule has 0 unspecified atom stereocenters. The molecular formula is C7H7IN2O3S. The number of hydrogen-bond donors (Lipinski definition) is 2. The summed E-state index contributed by atoms with van der Waals surface area (Å²) in [6, 6.07) is 4.94. The topological polar surface area (TPSA) is 89.3 Å². The molecule has 5 nitrogen and oxygen atoms in total. The zero-order valence-corrected chi connectivity index (χ0v) is 9.87. The molecule has 1 aromatic rings. The van der Waals surface area contributed by atoms with Gasteiger partial charge in [0.15, 0.2) is 0 Å². The molecule has 0 aliphatic rings. The number of nitrogens with two attached hydrogens (primary N) is 1. The number of primary amides is 1. The van der Waals surface area contributed by atoms with Crippen molar-refractivity contribution in [3.05, 3.63) is 27.8 Å². The predicted octanol–water partition coefficient (Wildman–Crippen LogP) is 0.648. The molecule has 1 rings (SSSR count). The molecule has 0 aliphatic heterocycles. The smallest absolute Gasteiger partial charge is 0.326 e. The Hall–Kier alpha value is -0.830. The molecule has 0 aliphatic carbocycles. The number of hydrogen-bond acceptors (Lipinski definition) is 3. The summed E-state index contributed by atoms with van der Waals surface area (Å²) in [4.78, 5) is 10.4. The van der Waals surface area contributed by atoms with E-state index >= 15 is 0 Å². The fourth-order valence-electron chi connectivity index (χ4n) is 0.805. The second kappa shape index (κ2) is 4.13. The highest BCUT2D eigenvalue weighted by Gasteiger charge is 2.14. The van der Waals surface area contributed by atoms with E-state index in [1.54, 1.807) is 16.9 Å². The van der Waals surface area contributed by atoms with Gasteiger partial charge in [-0.2, -0.15) is 0 Å². The molecule has 2 amide bonds. The second-order valence-corrected chi connectivity index (χ2v) is 5.35. The largest absolute Gasteiger partial charge is 0.351 e. The Labute approximate surface area is 94.9 Å². The third-order valence-electron chi connectivity index (χ3n) is 1.36. The molecule has 1 aromatic carbocycles. The third kappa shape index (κ3) is 2.84. The van der Waals surface area contributed by atoms with Crippen molar-refractivity contribution < 1.29 is 13.2 Å². The minimum atomic E-state index is -3.80. The van der Waals surface area contributed by atoms with E-state index in [0.717, 1.165) is 3.57 Å². The molecule has 0 fully saturated rings. The van der Waals surface area contributed by atoms with E-state index in [-0.39, 0.29) is 4.90 Å². The number of halogens is 1. The number of sulfonamides is 1. The lowest BCUT2D eigenvalue weighted by Crippen LogP contribution is -2.34. The van der Waals surface area contributed by atoms with Crippen molar-refractivity contribution in [2.45, 2.75) is 4.90 Å². The zero-order valence-electron chi connectivity index (χ0n) is 6.90. The van der Waals surface area contributed by atoms with Crippen molar-refractivity contribution in [1.82, 2.24) is 4.72 Å². The van der Waals surface area contributed by atoms with Crippen molar-refractivity contribution in [2.24, 2.45) is 5.73 Å². The standard InChI is InChI=1S/C7H7IN2O3S/c8-5-1-3-6(4-2-5)14(12,13)10-7(9)11/h1-4H,(H3,9,10,11). The Morgan fingerprint density at radius 1 is 1.29 bits per heavy atom. The van der Waals surface area contributed by atoms with E-state index in [1.165, 1.54) is 12.1 Å². The van der Waals surface area contributed by atoms with Gasteiger partial charge in [-0.05, 0) is 46.9 Å². The fraction of sp³-hybridized carbons (Fsp3) is 0. The number of nitrogens with one attached hydrogen (secondary N) is 1. The number of rotatable bonds is 2. The number of benzene rings is 1. The van der Waals surface area contributed by atoms with E-state index in [1.807, 2.05) is 22.6 Å². The maximum atomic E-state index is 11.3. The summed E-state index contributed by atoms with van der Waals surface area (Å²) in [6.07, 6.45) is 0. The summed E-state index contributed by atoms with van der Waals surface area (Å²) >= 11 is 2.04. The molecule has 0 spiro atoms. The van der Waals surface area contributed by atoms with Crippen LogP contribution in [0.1, 0.15) is 0 Å². The minimum absolute atomic E-state index is 0.0108. The van der Waals surface area contributed by atoms with E-state index in [4.69, 9.17) is 5.73 Å². The summed E-state index contributed by atoms with van der Waals surface area (Å²) in [5.41, 5.74) is 4.72. The quantitative estimate of drug-likeness (QED) is 0.782. The van der Waals surface area contributed by atoms with E-state index in [0.29, 0.717) is 0 Å². The molecule has 0 saturated heterocycles. The van der Waals surface area contributed by atoms with Gasteiger partial charge in [-0.3, -0.25) is 0 Å². The van der Waals surface area contributed by atoms with Crippen LogP contribution in [0.25, 0.3) is 0 Å². The minimum Gasteiger partial charge on any atom is -0.351 e. The van der Waals surface area contributed by atoms with Gasteiger partial charge in [-0.25, -0.2) is 17.9 Å². The van der Waals surface area contributed by atoms with Crippen molar-refractivity contribution >= 4 is 38.6 Å². The average molecular weight is 326 g/mol. The molecule has 0 bridgehead atoms. The summed E-state index contributed by atoms with van der Waals surface area (Å²) in [6.45, 7) is 0. The Balaban J connectivity index is 3.05. The number of amides is 2. The third-order valence-corrected chi connectivity index (χ3v) is 3.44. The molecule has 0 aromatic heterocycles. The van der Waals surface area contributed by atoms with Crippen molar-refractivity contribution in [3.63, 3.8) is 0 Å². The number of carbonyl (C=O) groups is 1. The summed E-state index contributed by atoms with van der Waals surface area (Å²) < 4.78 is 25.2. The van der Waals surface area contributed by atoms with Crippen molar-refractivity contribution in [3.8, 4) is 0 Å². The predicted molar refractivity (Wildman–Crippen MR) is 59.1 cm³/mol. The summed E-state index contributed by atoms with van der Waals surface area (Å²) in [5.74, 6) is 0. The van der Waals surface area contributed by atoms with Crippen LogP contribution < -0.4 is 10.5 Å². The molecule has 0 heterocycles. The van der Waals surface area contributed by atoms with Crippen LogP contribution in [0.4, 0.5) is 4.79 Å². The lowest BCUT2D eigenvalue weighted by atomic mass is 10.4. The van der Waals surface area contributed by atoms with Gasteiger partial charge in [0, 0.05) is 3.57 Å². The SMILES string of the molecule is NC(=O)NS(=O)(=O)c1ccc(I)cc1. The van der Waals surface area contributed by atoms with Gasteiger partial charge in [0.05, 0.1) is 4.90 Å². The number of carbonyl (C=O) groups excluding carboxylic acids is 1. The Morgan fingerprint density at radius 2 is 1.79 bits per heavy atom. The van der Waals surface area contributed by atoms with Gasteiger partial charge < -0.3 is 5.73 Å². The lowest BCUT2D eigenvalue weighted by Gasteiger charge is -2.03. The first-order valence-corrected chi connectivity index (χ1v) is 6.06. The van der Waals surface area contributed by atoms with Crippen LogP contribution in [0.3, 0.4) is 0 Å². The fourth-order valence-corrected chi connectivity index (χ4v) is 2.04. The van der Waals surface area contributed by atoms with E-state index in [9.17, 15) is 13.2 Å². The highest BCUT2D eigenvalue weighted by atomic mass is 127. The van der Waals surface area contributed by atoms with Gasteiger partial charge >= 0.3 is 6.03 Å². The lowest BCUT2D eigenvalue weighted by molar-refractivity contribution is 0.253. The van der Waals surface area contributed by atoms with Gasteiger partial charge in [0.2, 0.25) is 0 Å². The Morgan fingerprint density at radius 3 is 2.21 bits per heavy atom. The first kappa shape index (κ1) is 11.2. The Bertz CT molecular complexity index is 441. The van der Waals surface area contributed by atoms with Crippen molar-refractivity contribution in [2.75, 3.05) is 0 Å². The van der Waals surface area contributed by atoms with E-state index < -0.39 is 16.1 Å². The molecule has 3 N–H and O–H groups in total. The Kier molecular flexibility index (Phi) is 3.32. The summed E-state index contributed by atoms with van der Waals surface area (Å²) in [5, 5.41) is 0. The molecule has 7 heteroatoms. The van der Waals surface area contributed by atoms with Gasteiger partial charge in [0.1, 0.15) is 0 Å². The average Bonchev–Trinajstić information content (AvgIpc) is 2.02. The monoisotopic (exact) mass is 326 g/mol. The van der Waals surface area contributed by atoms with Gasteiger partial charge in [-0.15, -0.1) is 0 Å². The maximum Gasteiger partial charge on any atom is 0.326 e. The first-order valence-electron chi connectivity index (χ1n) is 3.49. The van der Waals surface area contributed by atoms with Crippen LogP contribution in [0, 0.1) is 3.57 Å². The second-order valence-electron chi connectivity index (χ2n) is 2.42. The van der Waals surface area contributed by atoms with E-state index in [2.05, 4.69) is 0 Å². The summed E-state index contributed by atoms with van der Waals surface area (Å²) in [7, 11) is -3.80. The van der Waals surface area contributed by atoms with Crippen LogP contribution in [0.5, 0.6) is 0 Å². The van der Waals surface area contributed by atoms with Crippen LogP contribution in [-0.2, 0) is 10.0 Å². The highest BCUT2D eigenvalue weighted by Crippen LogP contribution is 2.11. The van der Waals surface area contributed by atoms with Crippen LogP contribution >= 0.6 is 22.6 Å². The highest BCUT2D eigenvalue weighted by molar-refractivity contribution is 14.1. The zero-order chi connectivity index (χ0) is 10.8. The molecule has 14 heavy (non-hydrogen) atoms. The van der Waals surface area contributed by atoms with Crippen LogP contribution in [0.15, 0.2) is 29.2 Å². The van der Waals surface area contributed by atoms with Crippen molar-refractivity contribution in [1.29, 1.82) is 0 Å². The normalized spacial score (nSPS) is 10.9. The van der Waals surface area contributed by atoms with Crippen LogP contribution in [0.2, 0.25) is 0 Å². The first-order chi connectivity index (χ1) is 6.42.